The molecule has 1 N–H and O–H groups in total. The van der Waals surface area contributed by atoms with Crippen molar-refractivity contribution < 1.29 is 9.53 Å². The third kappa shape index (κ3) is 1.25. The van der Waals surface area contributed by atoms with Gasteiger partial charge in [-0.25, -0.2) is 4.79 Å². The minimum Gasteiger partial charge on any atom is -0.449 e. The highest BCUT2D eigenvalue weighted by Gasteiger charge is 2.11. The van der Waals surface area contributed by atoms with Crippen molar-refractivity contribution in [2.45, 2.75) is 6.42 Å². The third-order valence-electron chi connectivity index (χ3n) is 1.80. The molecule has 2 rings (SSSR count). The number of ether oxygens (including phenoxy) is 1. The molecule has 0 bridgehead atoms. The van der Waals surface area contributed by atoms with Gasteiger partial charge in [-0.2, -0.15) is 0 Å². The Labute approximate surface area is 70.3 Å². The molecule has 0 aliphatic carbocycles. The summed E-state index contributed by atoms with van der Waals surface area (Å²) in [5.41, 5.74) is 1.90. The smallest absolute Gasteiger partial charge is 0.411 e. The summed E-state index contributed by atoms with van der Waals surface area (Å²) in [5.74, 6) is 0. The van der Waals surface area contributed by atoms with Crippen LogP contribution in [0.1, 0.15) is 5.56 Å². The van der Waals surface area contributed by atoms with Crippen molar-refractivity contribution in [1.82, 2.24) is 0 Å². The molecule has 1 radical (unpaired) electrons. The summed E-state index contributed by atoms with van der Waals surface area (Å²) in [4.78, 5) is 10.9. The Kier molecular flexibility index (Phi) is 1.70. The first-order chi connectivity index (χ1) is 5.86. The summed E-state index contributed by atoms with van der Waals surface area (Å²) in [6, 6.07) is 8.41. The van der Waals surface area contributed by atoms with Crippen molar-refractivity contribution in [2.24, 2.45) is 0 Å². The number of carbonyl (C=O) groups is 1. The Morgan fingerprint density at radius 3 is 3.42 bits per heavy atom. The number of anilines is 1. The minimum absolute atomic E-state index is 0.381. The van der Waals surface area contributed by atoms with Gasteiger partial charge in [-0.3, -0.25) is 5.32 Å². The number of cyclic esters (lactones) is 1. The maximum Gasteiger partial charge on any atom is 0.411 e. The number of nitrogens with one attached hydrogen (secondary N) is 1. The summed E-state index contributed by atoms with van der Waals surface area (Å²) in [7, 11) is 0. The van der Waals surface area contributed by atoms with Gasteiger partial charge in [-0.15, -0.1) is 0 Å². The lowest BCUT2D eigenvalue weighted by atomic mass is 10.1. The standard InChI is InChI=1S/C9H8NO2/c11-9-10-8-4-2-1-3-7(8)5-6-12-9/h1,3-4H,5-6H2,(H,10,11). The van der Waals surface area contributed by atoms with Crippen molar-refractivity contribution >= 4 is 11.8 Å². The average Bonchev–Trinajstić information content (AvgIpc) is 2.25. The molecule has 1 aromatic carbocycles. The van der Waals surface area contributed by atoms with Crippen molar-refractivity contribution in [1.29, 1.82) is 0 Å². The first-order valence-corrected chi connectivity index (χ1v) is 3.79. The molecule has 0 aromatic heterocycles. The zero-order valence-electron chi connectivity index (χ0n) is 6.46. The van der Waals surface area contributed by atoms with Crippen molar-refractivity contribution in [3.8, 4) is 0 Å². The first-order valence-electron chi connectivity index (χ1n) is 3.79. The highest BCUT2D eigenvalue weighted by molar-refractivity contribution is 5.86. The Morgan fingerprint density at radius 2 is 2.50 bits per heavy atom. The lowest BCUT2D eigenvalue weighted by molar-refractivity contribution is 0.165. The Hall–Kier alpha value is -1.51. The summed E-state index contributed by atoms with van der Waals surface area (Å²) < 4.78 is 4.82. The molecule has 1 amide bonds. The Balaban J connectivity index is 2.37. The van der Waals surface area contributed by atoms with Crippen LogP contribution in [0.4, 0.5) is 10.5 Å². The molecular weight excluding hydrogens is 154 g/mol. The van der Waals surface area contributed by atoms with Crippen molar-refractivity contribution in [3.63, 3.8) is 0 Å². The molecule has 0 atom stereocenters. The molecule has 0 unspecified atom stereocenters. The van der Waals surface area contributed by atoms with Gasteiger partial charge in [0.2, 0.25) is 0 Å². The maximum atomic E-state index is 10.9. The number of fused-ring (bicyclic) bond motifs is 1. The van der Waals surface area contributed by atoms with Crippen LogP contribution in [0.3, 0.4) is 0 Å². The average molecular weight is 162 g/mol. The van der Waals surface area contributed by atoms with E-state index in [-0.39, 0.29) is 6.09 Å². The van der Waals surface area contributed by atoms with Gasteiger partial charge in [0, 0.05) is 12.1 Å². The minimum atomic E-state index is -0.381. The number of hydrogen-bond acceptors (Lipinski definition) is 2. The predicted octanol–water partition coefficient (Wildman–Crippen LogP) is 1.59. The summed E-state index contributed by atoms with van der Waals surface area (Å²) in [5, 5.41) is 2.63. The largest absolute Gasteiger partial charge is 0.449 e. The van der Waals surface area contributed by atoms with Crippen LogP contribution < -0.4 is 5.32 Å². The van der Waals surface area contributed by atoms with E-state index in [1.807, 2.05) is 12.1 Å². The molecule has 0 spiro atoms. The summed E-state index contributed by atoms with van der Waals surface area (Å²) >= 11 is 0. The molecule has 1 aliphatic heterocycles. The highest BCUT2D eigenvalue weighted by atomic mass is 16.5. The maximum absolute atomic E-state index is 10.9. The second-order valence-electron chi connectivity index (χ2n) is 2.59. The number of rotatable bonds is 0. The van der Waals surface area contributed by atoms with Gasteiger partial charge in [-0.1, -0.05) is 12.1 Å². The molecule has 12 heavy (non-hydrogen) atoms. The molecule has 0 saturated carbocycles. The number of amides is 1. The summed E-state index contributed by atoms with van der Waals surface area (Å²) in [6.07, 6.45) is 0.385. The molecule has 3 nitrogen and oxygen atoms in total. The van der Waals surface area contributed by atoms with E-state index in [0.717, 1.165) is 17.7 Å². The fraction of sp³-hybridized carbons (Fsp3) is 0.222. The monoisotopic (exact) mass is 162 g/mol. The van der Waals surface area contributed by atoms with E-state index in [0.29, 0.717) is 6.61 Å². The Bertz CT molecular complexity index is 309. The van der Waals surface area contributed by atoms with Crippen LogP contribution >= 0.6 is 0 Å². The lowest BCUT2D eigenvalue weighted by Crippen LogP contribution is -2.11. The topological polar surface area (TPSA) is 38.3 Å². The number of hydrogen-bond donors (Lipinski definition) is 1. The number of benzene rings is 1. The summed E-state index contributed by atoms with van der Waals surface area (Å²) in [6.45, 7) is 0.447. The van der Waals surface area contributed by atoms with Crippen LogP contribution in [-0.2, 0) is 11.2 Å². The zero-order valence-corrected chi connectivity index (χ0v) is 6.46. The molecule has 1 heterocycles. The van der Waals surface area contributed by atoms with Crippen molar-refractivity contribution in [2.75, 3.05) is 11.9 Å². The highest BCUT2D eigenvalue weighted by Crippen LogP contribution is 2.17. The molecule has 3 heteroatoms. The van der Waals surface area contributed by atoms with E-state index < -0.39 is 0 Å². The normalized spacial score (nSPS) is 15.5. The lowest BCUT2D eigenvalue weighted by Gasteiger charge is -2.01. The van der Waals surface area contributed by atoms with Gasteiger partial charge in [0.1, 0.15) is 0 Å². The first kappa shape index (κ1) is 7.16. The van der Waals surface area contributed by atoms with E-state index in [9.17, 15) is 4.79 Å². The zero-order chi connectivity index (χ0) is 8.39. The molecule has 61 valence electrons. The fourth-order valence-electron chi connectivity index (χ4n) is 1.20. The van der Waals surface area contributed by atoms with Crippen LogP contribution in [0, 0.1) is 6.07 Å². The Morgan fingerprint density at radius 1 is 1.58 bits per heavy atom. The van der Waals surface area contributed by atoms with Crippen LogP contribution in [0.25, 0.3) is 0 Å². The van der Waals surface area contributed by atoms with E-state index in [2.05, 4.69) is 11.4 Å². The van der Waals surface area contributed by atoms with Crippen LogP contribution in [0.5, 0.6) is 0 Å². The van der Waals surface area contributed by atoms with Crippen LogP contribution in [0.15, 0.2) is 18.2 Å². The SMILES string of the molecule is O=C1Nc2c[c]ccc2CCO1. The second kappa shape index (κ2) is 2.85. The predicted molar refractivity (Wildman–Crippen MR) is 44.0 cm³/mol. The van der Waals surface area contributed by atoms with Gasteiger partial charge >= 0.3 is 6.09 Å². The van der Waals surface area contributed by atoms with E-state index in [4.69, 9.17) is 4.74 Å². The van der Waals surface area contributed by atoms with Crippen LogP contribution in [-0.4, -0.2) is 12.7 Å². The third-order valence-corrected chi connectivity index (χ3v) is 1.80. The molecule has 0 saturated heterocycles. The van der Waals surface area contributed by atoms with Crippen LogP contribution in [0.2, 0.25) is 0 Å². The van der Waals surface area contributed by atoms with Gasteiger partial charge in [0.15, 0.2) is 0 Å². The second-order valence-corrected chi connectivity index (χ2v) is 2.59. The fourth-order valence-corrected chi connectivity index (χ4v) is 1.20. The van der Waals surface area contributed by atoms with Crippen molar-refractivity contribution in [3.05, 3.63) is 29.8 Å². The molecule has 1 aliphatic rings. The van der Waals surface area contributed by atoms with E-state index in [1.54, 1.807) is 6.07 Å². The van der Waals surface area contributed by atoms with E-state index >= 15 is 0 Å². The van der Waals surface area contributed by atoms with Gasteiger partial charge in [0.05, 0.1) is 6.61 Å². The van der Waals surface area contributed by atoms with Gasteiger partial charge < -0.3 is 4.74 Å². The number of carbonyl (C=O) groups excluding carboxylic acids is 1. The van der Waals surface area contributed by atoms with E-state index in [1.165, 1.54) is 0 Å². The quantitative estimate of drug-likeness (QED) is 0.629. The molecule has 0 fully saturated rings. The van der Waals surface area contributed by atoms with Gasteiger partial charge in [-0.05, 0) is 17.7 Å². The van der Waals surface area contributed by atoms with Gasteiger partial charge in [0.25, 0.3) is 0 Å². The molecule has 1 aromatic rings. The molecular formula is C9H8NO2.